The van der Waals surface area contributed by atoms with E-state index < -0.39 is 0 Å². The minimum absolute atomic E-state index is 0.158. The number of piperidine rings is 1. The molecule has 1 aliphatic rings. The van der Waals surface area contributed by atoms with Crippen molar-refractivity contribution < 1.29 is 14.6 Å². The van der Waals surface area contributed by atoms with Gasteiger partial charge in [-0.3, -0.25) is 4.68 Å². The molecule has 0 saturated carbocycles. The van der Waals surface area contributed by atoms with Crippen LogP contribution in [0.15, 0.2) is 79.0 Å². The number of urea groups is 1. The monoisotopic (exact) mass is 471 g/mol. The molecule has 1 aliphatic heterocycles. The Morgan fingerprint density at radius 3 is 2.37 bits per heavy atom. The van der Waals surface area contributed by atoms with Crippen LogP contribution in [0, 0.1) is 0 Å². The molecule has 0 aliphatic carbocycles. The van der Waals surface area contributed by atoms with Gasteiger partial charge in [0.15, 0.2) is 0 Å². The fourth-order valence-electron chi connectivity index (χ4n) is 4.18. The first-order valence-corrected chi connectivity index (χ1v) is 11.9. The summed E-state index contributed by atoms with van der Waals surface area (Å²) >= 11 is 0. The van der Waals surface area contributed by atoms with Gasteiger partial charge in [0.2, 0.25) is 0 Å². The van der Waals surface area contributed by atoms with Gasteiger partial charge in [0.25, 0.3) is 0 Å². The summed E-state index contributed by atoms with van der Waals surface area (Å²) in [4.78, 5) is 14.9. The molecule has 3 N–H and O–H groups in total. The maximum atomic E-state index is 12.5. The highest BCUT2D eigenvalue weighted by molar-refractivity contribution is 6.00. The van der Waals surface area contributed by atoms with Crippen LogP contribution in [0.4, 0.5) is 16.2 Å². The molecule has 1 saturated heterocycles. The third kappa shape index (κ3) is 6.17. The number of benzene rings is 3. The molecule has 35 heavy (non-hydrogen) atoms. The highest BCUT2D eigenvalue weighted by Crippen LogP contribution is 2.23. The van der Waals surface area contributed by atoms with Crippen molar-refractivity contribution in [1.82, 2.24) is 14.7 Å². The van der Waals surface area contributed by atoms with Crippen LogP contribution in [0.25, 0.3) is 10.9 Å². The Labute approximate surface area is 204 Å². The Morgan fingerprint density at radius 1 is 0.914 bits per heavy atom. The zero-order chi connectivity index (χ0) is 24.0. The van der Waals surface area contributed by atoms with Crippen molar-refractivity contribution in [2.45, 2.75) is 25.5 Å². The van der Waals surface area contributed by atoms with Crippen LogP contribution in [0.5, 0.6) is 11.5 Å². The number of carbonyl (C=O) groups excluding carboxylic acids is 1. The first kappa shape index (κ1) is 22.9. The summed E-state index contributed by atoms with van der Waals surface area (Å²) in [5.41, 5.74) is 2.25. The Bertz CT molecular complexity index is 1270. The van der Waals surface area contributed by atoms with E-state index in [1.165, 1.54) is 0 Å². The number of ether oxygens (including phenoxy) is 1. The molecule has 2 amide bonds. The zero-order valence-electron chi connectivity index (χ0n) is 19.4. The molecule has 1 fully saturated rings. The van der Waals surface area contributed by atoms with Gasteiger partial charge in [-0.05, 0) is 67.4 Å². The van der Waals surface area contributed by atoms with Gasteiger partial charge in [0, 0.05) is 42.6 Å². The minimum Gasteiger partial charge on any atom is -0.457 e. The third-order valence-electron chi connectivity index (χ3n) is 6.10. The maximum Gasteiger partial charge on any atom is 0.323 e. The van der Waals surface area contributed by atoms with Gasteiger partial charge < -0.3 is 25.4 Å². The van der Waals surface area contributed by atoms with Crippen molar-refractivity contribution in [3.8, 4) is 11.5 Å². The van der Waals surface area contributed by atoms with Gasteiger partial charge in [0.05, 0.1) is 18.2 Å². The van der Waals surface area contributed by atoms with Crippen molar-refractivity contribution >= 4 is 28.3 Å². The van der Waals surface area contributed by atoms with E-state index in [9.17, 15) is 9.90 Å². The van der Waals surface area contributed by atoms with Crippen molar-refractivity contribution in [3.63, 3.8) is 0 Å². The maximum absolute atomic E-state index is 12.5. The predicted octanol–water partition coefficient (Wildman–Crippen LogP) is 4.93. The second-order valence-corrected chi connectivity index (χ2v) is 8.76. The quantitative estimate of drug-likeness (QED) is 0.356. The van der Waals surface area contributed by atoms with E-state index >= 15 is 0 Å². The largest absolute Gasteiger partial charge is 0.457 e. The number of hydrogen-bond acceptors (Lipinski definition) is 5. The topological polar surface area (TPSA) is 91.7 Å². The second kappa shape index (κ2) is 10.6. The standard InChI is InChI=1S/C27H29N5O3/c33-23-12-14-31(15-13-23)16-17-32-19-20-18-22(8-11-26(20)30-32)29-27(34)28-21-6-9-25(10-7-21)35-24-4-2-1-3-5-24/h1-11,18-19,23,33H,12-17H2,(H2,28,29,34). The van der Waals surface area contributed by atoms with Crippen LogP contribution in [0.3, 0.4) is 0 Å². The van der Waals surface area contributed by atoms with Crippen LogP contribution in [-0.2, 0) is 6.54 Å². The van der Waals surface area contributed by atoms with Gasteiger partial charge in [-0.25, -0.2) is 4.79 Å². The van der Waals surface area contributed by atoms with E-state index in [-0.39, 0.29) is 12.1 Å². The van der Waals surface area contributed by atoms with Crippen LogP contribution < -0.4 is 15.4 Å². The van der Waals surface area contributed by atoms with Gasteiger partial charge in [-0.1, -0.05) is 18.2 Å². The number of nitrogens with zero attached hydrogens (tertiary/aromatic N) is 3. The lowest BCUT2D eigenvalue weighted by atomic mass is 10.1. The number of carbonyl (C=O) groups is 1. The molecule has 8 nitrogen and oxygen atoms in total. The first-order chi connectivity index (χ1) is 17.1. The summed E-state index contributed by atoms with van der Waals surface area (Å²) in [5.74, 6) is 1.46. The molecule has 0 radical (unpaired) electrons. The molecule has 0 atom stereocenters. The number of anilines is 2. The van der Waals surface area contributed by atoms with Crippen LogP contribution >= 0.6 is 0 Å². The smallest absolute Gasteiger partial charge is 0.323 e. The summed E-state index contributed by atoms with van der Waals surface area (Å²) in [7, 11) is 0. The minimum atomic E-state index is -0.319. The molecule has 0 bridgehead atoms. The summed E-state index contributed by atoms with van der Waals surface area (Å²) < 4.78 is 7.73. The van der Waals surface area contributed by atoms with Crippen LogP contribution in [0.2, 0.25) is 0 Å². The molecule has 5 rings (SSSR count). The van der Waals surface area contributed by atoms with Crippen LogP contribution in [0.1, 0.15) is 12.8 Å². The van der Waals surface area contributed by atoms with E-state index in [4.69, 9.17) is 4.74 Å². The number of likely N-dealkylation sites (tertiary alicyclic amines) is 1. The number of fused-ring (bicyclic) bond motifs is 1. The molecule has 0 unspecified atom stereocenters. The van der Waals surface area contributed by atoms with E-state index in [1.807, 2.05) is 71.5 Å². The highest BCUT2D eigenvalue weighted by Gasteiger charge is 2.16. The van der Waals surface area contributed by atoms with E-state index in [0.29, 0.717) is 17.1 Å². The fraction of sp³-hybridized carbons (Fsp3) is 0.259. The summed E-state index contributed by atoms with van der Waals surface area (Å²) in [5, 5.41) is 21.0. The van der Waals surface area contributed by atoms with E-state index in [0.717, 1.165) is 55.7 Å². The summed E-state index contributed by atoms with van der Waals surface area (Å²) in [6.45, 7) is 3.54. The van der Waals surface area contributed by atoms with Gasteiger partial charge in [-0.2, -0.15) is 5.10 Å². The lowest BCUT2D eigenvalue weighted by molar-refractivity contribution is 0.0805. The predicted molar refractivity (Wildman–Crippen MR) is 137 cm³/mol. The summed E-state index contributed by atoms with van der Waals surface area (Å²) in [6.07, 6.45) is 3.52. The lowest BCUT2D eigenvalue weighted by Crippen LogP contribution is -2.37. The number of rotatable bonds is 7. The molecule has 0 spiro atoms. The van der Waals surface area contributed by atoms with Crippen molar-refractivity contribution in [3.05, 3.63) is 79.0 Å². The Kier molecular flexibility index (Phi) is 6.92. The molecule has 3 aromatic carbocycles. The third-order valence-corrected chi connectivity index (χ3v) is 6.10. The molecule has 180 valence electrons. The second-order valence-electron chi connectivity index (χ2n) is 8.76. The lowest BCUT2D eigenvalue weighted by Gasteiger charge is -2.29. The molecule has 2 heterocycles. The van der Waals surface area contributed by atoms with E-state index in [1.54, 1.807) is 12.1 Å². The van der Waals surface area contributed by atoms with Crippen LogP contribution in [-0.4, -0.2) is 51.6 Å². The molecular formula is C27H29N5O3. The van der Waals surface area contributed by atoms with Gasteiger partial charge in [0.1, 0.15) is 11.5 Å². The normalized spacial score (nSPS) is 14.7. The van der Waals surface area contributed by atoms with Gasteiger partial charge in [-0.15, -0.1) is 0 Å². The van der Waals surface area contributed by atoms with E-state index in [2.05, 4.69) is 20.6 Å². The average Bonchev–Trinajstić information content (AvgIpc) is 3.28. The Balaban J connectivity index is 1.14. The molecular weight excluding hydrogens is 442 g/mol. The first-order valence-electron chi connectivity index (χ1n) is 11.9. The Hall–Kier alpha value is -3.88. The van der Waals surface area contributed by atoms with Crippen molar-refractivity contribution in [2.75, 3.05) is 30.3 Å². The number of aliphatic hydroxyl groups is 1. The highest BCUT2D eigenvalue weighted by atomic mass is 16.5. The average molecular weight is 472 g/mol. The molecule has 1 aromatic heterocycles. The molecule has 8 heteroatoms. The Morgan fingerprint density at radius 2 is 1.60 bits per heavy atom. The zero-order valence-corrected chi connectivity index (χ0v) is 19.4. The van der Waals surface area contributed by atoms with Crippen molar-refractivity contribution in [2.24, 2.45) is 0 Å². The van der Waals surface area contributed by atoms with Gasteiger partial charge >= 0.3 is 6.03 Å². The van der Waals surface area contributed by atoms with Crippen molar-refractivity contribution in [1.29, 1.82) is 0 Å². The number of hydrogen-bond donors (Lipinski definition) is 3. The number of nitrogens with one attached hydrogen (secondary N) is 2. The fourth-order valence-corrected chi connectivity index (χ4v) is 4.18. The number of aromatic nitrogens is 2. The number of para-hydroxylation sites is 1. The number of aliphatic hydroxyl groups excluding tert-OH is 1. The SMILES string of the molecule is O=C(Nc1ccc(Oc2ccccc2)cc1)Nc1ccc2nn(CCN3CCC(O)CC3)cc2c1. The number of amides is 2. The molecule has 4 aromatic rings. The summed E-state index contributed by atoms with van der Waals surface area (Å²) in [6, 6.07) is 22.1.